The lowest BCUT2D eigenvalue weighted by atomic mass is 10.1. The number of aliphatic hydroxyl groups excluding tert-OH is 1. The Hall–Kier alpha value is -2.85. The highest BCUT2D eigenvalue weighted by Gasteiger charge is 2.21. The van der Waals surface area contributed by atoms with Gasteiger partial charge in [-0.3, -0.25) is 0 Å². The van der Waals surface area contributed by atoms with Crippen molar-refractivity contribution in [3.05, 3.63) is 17.5 Å². The standard InChI is InChI=1S/C17H24N8O2.C2H6/c1-10-13(9-21-16(19)22-10)14-12(8-18)15(23-11-2-6-27-7-3-11)25-17(24-14)20-4-5-26;1-2/h8-9,11,18,26H,2-7H2,1H3,(H2,19,21,22)(H2,20,23,24,25);1-2H3. The number of rotatable bonds is 7. The van der Waals surface area contributed by atoms with E-state index in [1.165, 1.54) is 6.21 Å². The Balaban J connectivity index is 0.00000145. The normalized spacial score (nSPS) is 13.9. The molecule has 0 unspecified atom stereocenters. The zero-order valence-electron chi connectivity index (χ0n) is 17.2. The fourth-order valence-corrected chi connectivity index (χ4v) is 2.92. The van der Waals surface area contributed by atoms with E-state index in [4.69, 9.17) is 21.0 Å². The van der Waals surface area contributed by atoms with Crippen LogP contribution in [0.4, 0.5) is 17.7 Å². The van der Waals surface area contributed by atoms with Crippen LogP contribution in [0.1, 0.15) is 37.9 Å². The summed E-state index contributed by atoms with van der Waals surface area (Å²) in [5.41, 5.74) is 8.08. The molecule has 6 N–H and O–H groups in total. The van der Waals surface area contributed by atoms with Gasteiger partial charge in [-0.05, 0) is 19.8 Å². The highest BCUT2D eigenvalue weighted by atomic mass is 16.5. The van der Waals surface area contributed by atoms with E-state index in [9.17, 15) is 0 Å². The molecular formula is C19H30N8O2. The molecule has 0 aliphatic carbocycles. The van der Waals surface area contributed by atoms with E-state index < -0.39 is 0 Å². The third-order valence-corrected chi connectivity index (χ3v) is 4.30. The highest BCUT2D eigenvalue weighted by Crippen LogP contribution is 2.29. The van der Waals surface area contributed by atoms with Gasteiger partial charge in [0, 0.05) is 43.8 Å². The van der Waals surface area contributed by atoms with E-state index in [1.807, 2.05) is 20.8 Å². The van der Waals surface area contributed by atoms with Gasteiger partial charge in [0.15, 0.2) is 0 Å². The number of nitrogen functional groups attached to an aromatic ring is 1. The first kappa shape index (κ1) is 22.4. The SMILES string of the molecule is CC.Cc1nc(N)ncc1-c1nc(NCCO)nc(NC2CCOCC2)c1C=N. The van der Waals surface area contributed by atoms with Gasteiger partial charge in [0.2, 0.25) is 11.9 Å². The van der Waals surface area contributed by atoms with Crippen LogP contribution >= 0.6 is 0 Å². The summed E-state index contributed by atoms with van der Waals surface area (Å²) in [6.07, 6.45) is 4.55. The zero-order chi connectivity index (χ0) is 21.2. The molecule has 1 fully saturated rings. The lowest BCUT2D eigenvalue weighted by Gasteiger charge is -2.25. The van der Waals surface area contributed by atoms with Crippen LogP contribution in [-0.4, -0.2) is 63.7 Å². The van der Waals surface area contributed by atoms with Crippen molar-refractivity contribution in [3.63, 3.8) is 0 Å². The van der Waals surface area contributed by atoms with Crippen LogP contribution in [0.5, 0.6) is 0 Å². The molecule has 0 bridgehead atoms. The number of aryl methyl sites for hydroxylation is 1. The second-order valence-electron chi connectivity index (χ2n) is 6.21. The molecule has 1 aliphatic heterocycles. The number of anilines is 3. The van der Waals surface area contributed by atoms with Crippen LogP contribution < -0.4 is 16.4 Å². The topological polar surface area (TPSA) is 155 Å². The number of hydrogen-bond donors (Lipinski definition) is 5. The number of aliphatic hydroxyl groups is 1. The van der Waals surface area contributed by atoms with Gasteiger partial charge in [-0.15, -0.1) is 0 Å². The van der Waals surface area contributed by atoms with E-state index in [2.05, 4.69) is 30.6 Å². The van der Waals surface area contributed by atoms with Crippen LogP contribution in [0.2, 0.25) is 0 Å². The van der Waals surface area contributed by atoms with Gasteiger partial charge in [-0.1, -0.05) is 13.8 Å². The maximum absolute atomic E-state index is 9.10. The van der Waals surface area contributed by atoms with Crippen LogP contribution in [0.25, 0.3) is 11.3 Å². The summed E-state index contributed by atoms with van der Waals surface area (Å²) in [5, 5.41) is 23.4. The first-order chi connectivity index (χ1) is 14.1. The summed E-state index contributed by atoms with van der Waals surface area (Å²) in [5.74, 6) is 1.09. The molecular weight excluding hydrogens is 372 g/mol. The Morgan fingerprint density at radius 2 is 2.00 bits per heavy atom. The van der Waals surface area contributed by atoms with Gasteiger partial charge in [-0.25, -0.2) is 15.0 Å². The van der Waals surface area contributed by atoms with Gasteiger partial charge >= 0.3 is 0 Å². The molecule has 10 heteroatoms. The predicted molar refractivity (Wildman–Crippen MR) is 114 cm³/mol. The van der Waals surface area contributed by atoms with Crippen molar-refractivity contribution in [3.8, 4) is 11.3 Å². The second kappa shape index (κ2) is 11.2. The number of ether oxygens (including phenoxy) is 1. The Morgan fingerprint density at radius 1 is 1.28 bits per heavy atom. The van der Waals surface area contributed by atoms with E-state index >= 15 is 0 Å². The van der Waals surface area contributed by atoms with Gasteiger partial charge in [0.1, 0.15) is 5.82 Å². The molecule has 0 spiro atoms. The largest absolute Gasteiger partial charge is 0.395 e. The molecule has 0 aromatic carbocycles. The van der Waals surface area contributed by atoms with Gasteiger partial charge in [0.25, 0.3) is 0 Å². The molecule has 0 amide bonds. The van der Waals surface area contributed by atoms with Gasteiger partial charge < -0.3 is 31.6 Å². The third kappa shape index (κ3) is 5.81. The first-order valence-corrected chi connectivity index (χ1v) is 9.83. The minimum absolute atomic E-state index is 0.0439. The number of aromatic nitrogens is 4. The molecule has 0 radical (unpaired) electrons. The molecule has 1 saturated heterocycles. The Morgan fingerprint density at radius 3 is 2.62 bits per heavy atom. The molecule has 2 aromatic heterocycles. The average molecular weight is 403 g/mol. The molecule has 10 nitrogen and oxygen atoms in total. The molecule has 2 aromatic rings. The molecule has 3 rings (SSSR count). The summed E-state index contributed by atoms with van der Waals surface area (Å²) < 4.78 is 5.40. The predicted octanol–water partition coefficient (Wildman–Crippen LogP) is 1.84. The molecule has 3 heterocycles. The fraction of sp³-hybridized carbons (Fsp3) is 0.526. The summed E-state index contributed by atoms with van der Waals surface area (Å²) in [6, 6.07) is 0.203. The minimum Gasteiger partial charge on any atom is -0.395 e. The number of nitrogens with one attached hydrogen (secondary N) is 3. The second-order valence-corrected chi connectivity index (χ2v) is 6.21. The van der Waals surface area contributed by atoms with Crippen molar-refractivity contribution < 1.29 is 9.84 Å². The van der Waals surface area contributed by atoms with Crippen LogP contribution in [0.15, 0.2) is 6.20 Å². The number of nitrogens with two attached hydrogens (primary N) is 1. The quantitative estimate of drug-likeness (QED) is 0.436. The summed E-state index contributed by atoms with van der Waals surface area (Å²) in [7, 11) is 0. The lowest BCUT2D eigenvalue weighted by molar-refractivity contribution is 0.0904. The van der Waals surface area contributed by atoms with E-state index in [0.29, 0.717) is 54.0 Å². The zero-order valence-corrected chi connectivity index (χ0v) is 17.2. The monoisotopic (exact) mass is 402 g/mol. The smallest absolute Gasteiger partial charge is 0.225 e. The summed E-state index contributed by atoms with van der Waals surface area (Å²) >= 11 is 0. The van der Waals surface area contributed by atoms with E-state index in [0.717, 1.165) is 12.8 Å². The fourth-order valence-electron chi connectivity index (χ4n) is 2.92. The first-order valence-electron chi connectivity index (χ1n) is 9.83. The highest BCUT2D eigenvalue weighted by molar-refractivity contribution is 5.93. The molecule has 0 atom stereocenters. The molecule has 29 heavy (non-hydrogen) atoms. The van der Waals surface area contributed by atoms with E-state index in [1.54, 1.807) is 6.20 Å². The summed E-state index contributed by atoms with van der Waals surface area (Å²) in [6.45, 7) is 7.47. The number of hydrogen-bond acceptors (Lipinski definition) is 10. The van der Waals surface area contributed by atoms with Crippen LogP contribution in [0, 0.1) is 12.3 Å². The van der Waals surface area contributed by atoms with Gasteiger partial charge in [0.05, 0.1) is 23.6 Å². The van der Waals surface area contributed by atoms with Crippen molar-refractivity contribution >= 4 is 23.9 Å². The Kier molecular flexibility index (Phi) is 8.68. The van der Waals surface area contributed by atoms with Crippen molar-refractivity contribution in [2.75, 3.05) is 42.7 Å². The van der Waals surface area contributed by atoms with Gasteiger partial charge in [-0.2, -0.15) is 4.98 Å². The maximum atomic E-state index is 9.10. The molecule has 1 aliphatic rings. The average Bonchev–Trinajstić information content (AvgIpc) is 2.74. The van der Waals surface area contributed by atoms with Crippen molar-refractivity contribution in [2.24, 2.45) is 0 Å². The minimum atomic E-state index is -0.0439. The Bertz CT molecular complexity index is 809. The maximum Gasteiger partial charge on any atom is 0.225 e. The molecule has 158 valence electrons. The Labute approximate surface area is 170 Å². The van der Waals surface area contributed by atoms with Crippen molar-refractivity contribution in [1.82, 2.24) is 19.9 Å². The third-order valence-electron chi connectivity index (χ3n) is 4.30. The van der Waals surface area contributed by atoms with Crippen LogP contribution in [-0.2, 0) is 4.74 Å². The molecule has 0 saturated carbocycles. The lowest BCUT2D eigenvalue weighted by Crippen LogP contribution is -2.29. The van der Waals surface area contributed by atoms with Crippen LogP contribution in [0.3, 0.4) is 0 Å². The number of nitrogens with zero attached hydrogens (tertiary/aromatic N) is 4. The van der Waals surface area contributed by atoms with Crippen molar-refractivity contribution in [2.45, 2.75) is 39.7 Å². The summed E-state index contributed by atoms with van der Waals surface area (Å²) in [4.78, 5) is 17.3. The van der Waals surface area contributed by atoms with Crippen molar-refractivity contribution in [1.29, 1.82) is 5.41 Å². The van der Waals surface area contributed by atoms with E-state index in [-0.39, 0.29) is 18.6 Å².